The van der Waals surface area contributed by atoms with E-state index in [9.17, 15) is 0 Å². The van der Waals surface area contributed by atoms with Crippen LogP contribution >= 0.6 is 0 Å². The van der Waals surface area contributed by atoms with Crippen LogP contribution in [0.5, 0.6) is 0 Å². The largest absolute Gasteiger partial charge is 0.309 e. The highest BCUT2D eigenvalue weighted by molar-refractivity contribution is 5.78. The highest BCUT2D eigenvalue weighted by Gasteiger charge is 1.93. The molecule has 0 aliphatic rings. The summed E-state index contributed by atoms with van der Waals surface area (Å²) in [6.07, 6.45) is 5.17. The zero-order valence-electron chi connectivity index (χ0n) is 10.1. The molecule has 0 saturated carbocycles. The van der Waals surface area contributed by atoms with Gasteiger partial charge in [-0.05, 0) is 17.6 Å². The summed E-state index contributed by atoms with van der Waals surface area (Å²) in [5.74, 6) is 0. The Labute approximate surface area is 98.1 Å². The van der Waals surface area contributed by atoms with Gasteiger partial charge in [-0.2, -0.15) is 0 Å². The zero-order chi connectivity index (χ0) is 11.6. The summed E-state index contributed by atoms with van der Waals surface area (Å²) in [4.78, 5) is 4.05. The summed E-state index contributed by atoms with van der Waals surface area (Å²) in [5, 5.41) is 3.41. The van der Waals surface area contributed by atoms with Crippen LogP contribution in [0.15, 0.2) is 47.0 Å². The number of nitrogens with one attached hydrogen (secondary N) is 1. The summed E-state index contributed by atoms with van der Waals surface area (Å²) < 4.78 is 0. The minimum Gasteiger partial charge on any atom is -0.309 e. The van der Waals surface area contributed by atoms with Crippen LogP contribution in [-0.4, -0.2) is 19.8 Å². The van der Waals surface area contributed by atoms with Crippen LogP contribution in [0.2, 0.25) is 0 Å². The fourth-order valence-electron chi connectivity index (χ4n) is 1.55. The van der Waals surface area contributed by atoms with Crippen LogP contribution in [0.25, 0.3) is 0 Å². The fourth-order valence-corrected chi connectivity index (χ4v) is 1.55. The van der Waals surface area contributed by atoms with E-state index in [4.69, 9.17) is 0 Å². The zero-order valence-corrected chi connectivity index (χ0v) is 10.1. The number of hydrogen-bond acceptors (Lipinski definition) is 2. The molecule has 86 valence electrons. The fraction of sp³-hybridized carbons (Fsp3) is 0.357. The average Bonchev–Trinajstić information content (AvgIpc) is 2.31. The molecule has 1 rings (SSSR count). The molecule has 0 spiro atoms. The van der Waals surface area contributed by atoms with Crippen molar-refractivity contribution in [2.45, 2.75) is 19.9 Å². The van der Waals surface area contributed by atoms with Crippen molar-refractivity contribution in [2.24, 2.45) is 4.99 Å². The monoisotopic (exact) mass is 216 g/mol. The van der Waals surface area contributed by atoms with Gasteiger partial charge in [0.15, 0.2) is 0 Å². The van der Waals surface area contributed by atoms with Crippen molar-refractivity contribution in [3.63, 3.8) is 0 Å². The van der Waals surface area contributed by atoms with Gasteiger partial charge in [-0.25, -0.2) is 0 Å². The van der Waals surface area contributed by atoms with Gasteiger partial charge in [-0.1, -0.05) is 43.3 Å². The van der Waals surface area contributed by atoms with Gasteiger partial charge in [0.05, 0.1) is 0 Å². The SMILES string of the molecule is CC/C=C(\C=NC)CNCc1ccccc1. The maximum absolute atomic E-state index is 4.05. The Hall–Kier alpha value is -1.41. The van der Waals surface area contributed by atoms with Crippen LogP contribution in [0.3, 0.4) is 0 Å². The van der Waals surface area contributed by atoms with Crippen LogP contribution < -0.4 is 5.32 Å². The quantitative estimate of drug-likeness (QED) is 0.726. The second kappa shape index (κ2) is 7.83. The number of nitrogens with zero attached hydrogens (tertiary/aromatic N) is 1. The summed E-state index contributed by atoms with van der Waals surface area (Å²) in [5.41, 5.74) is 2.56. The molecule has 0 aliphatic carbocycles. The van der Waals surface area contributed by atoms with E-state index in [1.807, 2.05) is 12.3 Å². The molecule has 1 N–H and O–H groups in total. The molecule has 16 heavy (non-hydrogen) atoms. The molecule has 0 aromatic heterocycles. The lowest BCUT2D eigenvalue weighted by atomic mass is 10.2. The lowest BCUT2D eigenvalue weighted by Gasteiger charge is -2.05. The molecule has 1 aromatic rings. The van der Waals surface area contributed by atoms with Crippen LogP contribution in [0.4, 0.5) is 0 Å². The Morgan fingerprint density at radius 3 is 2.69 bits per heavy atom. The first-order valence-electron chi connectivity index (χ1n) is 5.72. The van der Waals surface area contributed by atoms with Gasteiger partial charge < -0.3 is 5.32 Å². The van der Waals surface area contributed by atoms with Gasteiger partial charge >= 0.3 is 0 Å². The third-order valence-electron chi connectivity index (χ3n) is 2.26. The molecular weight excluding hydrogens is 196 g/mol. The predicted molar refractivity (Wildman–Crippen MR) is 70.9 cm³/mol. The van der Waals surface area contributed by atoms with Crippen molar-refractivity contribution in [3.8, 4) is 0 Å². The molecule has 0 radical (unpaired) electrons. The Balaban J connectivity index is 2.37. The van der Waals surface area contributed by atoms with Crippen molar-refractivity contribution >= 4 is 6.21 Å². The molecule has 0 heterocycles. The number of aliphatic imine (C=N–C) groups is 1. The van der Waals surface area contributed by atoms with Gasteiger partial charge in [-0.15, -0.1) is 0 Å². The summed E-state index contributed by atoms with van der Waals surface area (Å²) in [6.45, 7) is 3.92. The molecule has 2 nitrogen and oxygen atoms in total. The molecule has 0 fully saturated rings. The normalized spacial score (nSPS) is 12.2. The molecule has 0 saturated heterocycles. The third kappa shape index (κ3) is 4.89. The molecule has 0 unspecified atom stereocenters. The molecule has 1 aromatic carbocycles. The highest BCUT2D eigenvalue weighted by atomic mass is 14.9. The molecule has 0 aliphatic heterocycles. The van der Waals surface area contributed by atoms with Crippen LogP contribution in [0.1, 0.15) is 18.9 Å². The predicted octanol–water partition coefficient (Wildman–Crippen LogP) is 2.81. The second-order valence-corrected chi connectivity index (χ2v) is 3.66. The number of rotatable bonds is 6. The highest BCUT2D eigenvalue weighted by Crippen LogP contribution is 1.98. The van der Waals surface area contributed by atoms with Crippen molar-refractivity contribution < 1.29 is 0 Å². The third-order valence-corrected chi connectivity index (χ3v) is 2.26. The first-order valence-corrected chi connectivity index (χ1v) is 5.72. The molecule has 0 amide bonds. The van der Waals surface area contributed by atoms with Gasteiger partial charge in [0, 0.05) is 26.4 Å². The number of hydrogen-bond donors (Lipinski definition) is 1. The van der Waals surface area contributed by atoms with Gasteiger partial charge in [0.2, 0.25) is 0 Å². The maximum atomic E-state index is 4.05. The van der Waals surface area contributed by atoms with E-state index in [-0.39, 0.29) is 0 Å². The Morgan fingerprint density at radius 2 is 2.06 bits per heavy atom. The van der Waals surface area contributed by atoms with E-state index in [1.165, 1.54) is 11.1 Å². The Bertz CT molecular complexity index is 339. The van der Waals surface area contributed by atoms with Crippen molar-refractivity contribution in [1.29, 1.82) is 0 Å². The smallest absolute Gasteiger partial charge is 0.0277 e. The van der Waals surface area contributed by atoms with E-state index in [0.717, 1.165) is 19.5 Å². The van der Waals surface area contributed by atoms with E-state index < -0.39 is 0 Å². The van der Waals surface area contributed by atoms with E-state index >= 15 is 0 Å². The van der Waals surface area contributed by atoms with Gasteiger partial charge in [0.25, 0.3) is 0 Å². The van der Waals surface area contributed by atoms with Crippen LogP contribution in [0, 0.1) is 0 Å². The standard InChI is InChI=1S/C14H20N2/c1-3-7-14(10-15-2)12-16-11-13-8-5-4-6-9-13/h4-10,16H,3,11-12H2,1-2H3/b14-7+,15-10?. The summed E-state index contributed by atoms with van der Waals surface area (Å²) in [7, 11) is 1.81. The van der Waals surface area contributed by atoms with E-state index in [2.05, 4.69) is 47.6 Å². The van der Waals surface area contributed by atoms with E-state index in [1.54, 1.807) is 7.05 Å². The first-order chi connectivity index (χ1) is 7.86. The minimum absolute atomic E-state index is 0.875. The Morgan fingerprint density at radius 1 is 1.31 bits per heavy atom. The van der Waals surface area contributed by atoms with Gasteiger partial charge in [0.1, 0.15) is 0 Å². The minimum atomic E-state index is 0.875. The van der Waals surface area contributed by atoms with Crippen molar-refractivity contribution in [2.75, 3.05) is 13.6 Å². The average molecular weight is 216 g/mol. The molecule has 2 heteroatoms. The molecule has 0 atom stereocenters. The Kier molecular flexibility index (Phi) is 6.19. The van der Waals surface area contributed by atoms with Crippen molar-refractivity contribution in [3.05, 3.63) is 47.5 Å². The lowest BCUT2D eigenvalue weighted by Crippen LogP contribution is -2.17. The van der Waals surface area contributed by atoms with Gasteiger partial charge in [-0.3, -0.25) is 4.99 Å². The number of benzene rings is 1. The number of allylic oxidation sites excluding steroid dienone is 1. The second-order valence-electron chi connectivity index (χ2n) is 3.66. The molecular formula is C14H20N2. The summed E-state index contributed by atoms with van der Waals surface area (Å²) in [6, 6.07) is 10.4. The topological polar surface area (TPSA) is 24.4 Å². The summed E-state index contributed by atoms with van der Waals surface area (Å²) >= 11 is 0. The van der Waals surface area contributed by atoms with E-state index in [0.29, 0.717) is 0 Å². The van der Waals surface area contributed by atoms with Crippen molar-refractivity contribution in [1.82, 2.24) is 5.32 Å². The first kappa shape index (κ1) is 12.7. The maximum Gasteiger partial charge on any atom is 0.0277 e. The lowest BCUT2D eigenvalue weighted by molar-refractivity contribution is 0.750. The van der Waals surface area contributed by atoms with Crippen LogP contribution in [-0.2, 0) is 6.54 Å². The molecule has 0 bridgehead atoms.